The smallest absolute Gasteiger partial charge is 0.319 e. The van der Waals surface area contributed by atoms with Crippen molar-refractivity contribution in [2.75, 3.05) is 24.7 Å². The van der Waals surface area contributed by atoms with Crippen LogP contribution >= 0.6 is 0 Å². The zero-order valence-electron chi connectivity index (χ0n) is 20.7. The Morgan fingerprint density at radius 1 is 1.06 bits per heavy atom. The van der Waals surface area contributed by atoms with Gasteiger partial charge in [-0.1, -0.05) is 24.3 Å². The molecule has 0 unspecified atom stereocenters. The Bertz CT molecular complexity index is 1410. The molecule has 0 radical (unpaired) electrons. The van der Waals surface area contributed by atoms with Crippen molar-refractivity contribution in [3.63, 3.8) is 0 Å². The summed E-state index contributed by atoms with van der Waals surface area (Å²) >= 11 is 0. The fourth-order valence-electron chi connectivity index (χ4n) is 3.91. The second kappa shape index (κ2) is 10.6. The maximum atomic E-state index is 13.8. The molecule has 0 aliphatic carbocycles. The number of carbonyl (C=O) groups is 2. The summed E-state index contributed by atoms with van der Waals surface area (Å²) in [4.78, 5) is 31.9. The predicted octanol–water partition coefficient (Wildman–Crippen LogP) is 4.98. The van der Waals surface area contributed by atoms with Gasteiger partial charge in [0.15, 0.2) is 0 Å². The molecule has 0 saturated carbocycles. The van der Waals surface area contributed by atoms with Crippen molar-refractivity contribution in [1.29, 1.82) is 0 Å². The summed E-state index contributed by atoms with van der Waals surface area (Å²) in [5.41, 5.74) is 4.64. The first-order valence-electron chi connectivity index (χ1n) is 11.6. The molecular formula is C27H29FN6O2. The SMILES string of the molecule is Cc1ccc([C@H](C)NC(=O)Nc2cc(F)ccc2CN(C)C)cc1NC(=O)c1cnc2ccccn12. The van der Waals surface area contributed by atoms with Crippen molar-refractivity contribution in [3.8, 4) is 0 Å². The lowest BCUT2D eigenvalue weighted by Crippen LogP contribution is -2.31. The van der Waals surface area contributed by atoms with E-state index in [9.17, 15) is 14.0 Å². The number of fused-ring (bicyclic) bond motifs is 1. The third kappa shape index (κ3) is 5.69. The van der Waals surface area contributed by atoms with Gasteiger partial charge in [-0.15, -0.1) is 0 Å². The van der Waals surface area contributed by atoms with Crippen LogP contribution in [-0.4, -0.2) is 40.3 Å². The fraction of sp³-hybridized carbons (Fsp3) is 0.222. The van der Waals surface area contributed by atoms with E-state index in [0.717, 1.165) is 16.7 Å². The van der Waals surface area contributed by atoms with Crippen LogP contribution in [-0.2, 0) is 6.54 Å². The van der Waals surface area contributed by atoms with E-state index in [1.165, 1.54) is 18.3 Å². The molecule has 8 nitrogen and oxygen atoms in total. The molecule has 4 rings (SSSR count). The molecule has 0 fully saturated rings. The number of halogens is 1. The second-order valence-electron chi connectivity index (χ2n) is 8.96. The average molecular weight is 489 g/mol. The average Bonchev–Trinajstić information content (AvgIpc) is 3.26. The second-order valence-corrected chi connectivity index (χ2v) is 8.96. The number of nitrogens with zero attached hydrogens (tertiary/aromatic N) is 3. The Morgan fingerprint density at radius 2 is 1.86 bits per heavy atom. The molecule has 2 heterocycles. The summed E-state index contributed by atoms with van der Waals surface area (Å²) in [5, 5.41) is 8.59. The van der Waals surface area contributed by atoms with Gasteiger partial charge in [-0.05, 0) is 75.0 Å². The highest BCUT2D eigenvalue weighted by Crippen LogP contribution is 2.23. The third-order valence-electron chi connectivity index (χ3n) is 5.81. The number of imidazole rings is 1. The number of hydrogen-bond acceptors (Lipinski definition) is 4. The van der Waals surface area contributed by atoms with Gasteiger partial charge in [0.25, 0.3) is 5.91 Å². The van der Waals surface area contributed by atoms with E-state index < -0.39 is 11.8 Å². The topological polar surface area (TPSA) is 90.8 Å². The Kier molecular flexibility index (Phi) is 7.30. The van der Waals surface area contributed by atoms with Gasteiger partial charge in [0.2, 0.25) is 0 Å². The van der Waals surface area contributed by atoms with Crippen molar-refractivity contribution < 1.29 is 14.0 Å². The lowest BCUT2D eigenvalue weighted by atomic mass is 10.0. The van der Waals surface area contributed by atoms with Gasteiger partial charge < -0.3 is 20.9 Å². The monoisotopic (exact) mass is 488 g/mol. The number of anilines is 2. The van der Waals surface area contributed by atoms with Crippen molar-refractivity contribution in [1.82, 2.24) is 19.6 Å². The maximum absolute atomic E-state index is 13.8. The molecule has 2 aromatic heterocycles. The van der Waals surface area contributed by atoms with Crippen molar-refractivity contribution in [2.45, 2.75) is 26.4 Å². The minimum Gasteiger partial charge on any atom is -0.331 e. The number of aromatic nitrogens is 2. The van der Waals surface area contributed by atoms with E-state index in [2.05, 4.69) is 20.9 Å². The van der Waals surface area contributed by atoms with Crippen molar-refractivity contribution in [3.05, 3.63) is 95.2 Å². The number of rotatable bonds is 7. The van der Waals surface area contributed by atoms with Crippen LogP contribution in [0.3, 0.4) is 0 Å². The first kappa shape index (κ1) is 24.9. The highest BCUT2D eigenvalue weighted by molar-refractivity contribution is 6.04. The minimum atomic E-state index is -0.454. The molecule has 36 heavy (non-hydrogen) atoms. The van der Waals surface area contributed by atoms with Gasteiger partial charge in [0.05, 0.1) is 12.2 Å². The first-order valence-corrected chi connectivity index (χ1v) is 11.6. The van der Waals surface area contributed by atoms with Crippen LogP contribution in [0.5, 0.6) is 0 Å². The summed E-state index contributed by atoms with van der Waals surface area (Å²) in [7, 11) is 3.80. The molecule has 0 aliphatic rings. The number of carbonyl (C=O) groups excluding carboxylic acids is 2. The number of urea groups is 1. The van der Waals surface area contributed by atoms with Gasteiger partial charge in [0, 0.05) is 24.1 Å². The third-order valence-corrected chi connectivity index (χ3v) is 5.81. The Labute approximate surface area is 209 Å². The summed E-state index contributed by atoms with van der Waals surface area (Å²) < 4.78 is 15.5. The largest absolute Gasteiger partial charge is 0.331 e. The van der Waals surface area contributed by atoms with Crippen LogP contribution in [0.15, 0.2) is 67.0 Å². The molecule has 0 saturated heterocycles. The molecule has 1 atom stereocenters. The van der Waals surface area contributed by atoms with Gasteiger partial charge in [-0.25, -0.2) is 14.2 Å². The van der Waals surface area contributed by atoms with Crippen LogP contribution in [0, 0.1) is 12.7 Å². The number of nitrogens with one attached hydrogen (secondary N) is 3. The van der Waals surface area contributed by atoms with Crippen LogP contribution in [0.4, 0.5) is 20.6 Å². The molecule has 2 aromatic carbocycles. The van der Waals surface area contributed by atoms with E-state index in [1.807, 2.05) is 69.2 Å². The van der Waals surface area contributed by atoms with Crippen molar-refractivity contribution in [2.24, 2.45) is 0 Å². The Balaban J connectivity index is 1.46. The normalized spacial score (nSPS) is 11.9. The zero-order chi connectivity index (χ0) is 25.8. The van der Waals surface area contributed by atoms with Gasteiger partial charge >= 0.3 is 6.03 Å². The molecule has 4 aromatic rings. The van der Waals surface area contributed by atoms with E-state index in [0.29, 0.717) is 29.3 Å². The molecule has 0 bridgehead atoms. The molecule has 0 aliphatic heterocycles. The van der Waals surface area contributed by atoms with Crippen molar-refractivity contribution >= 4 is 29.0 Å². The van der Waals surface area contributed by atoms with Gasteiger partial charge in [-0.2, -0.15) is 0 Å². The van der Waals surface area contributed by atoms with Crippen LogP contribution in [0.25, 0.3) is 5.65 Å². The highest BCUT2D eigenvalue weighted by Gasteiger charge is 2.16. The number of benzene rings is 2. The van der Waals surface area contributed by atoms with E-state index in [4.69, 9.17) is 0 Å². The van der Waals surface area contributed by atoms with Crippen LogP contribution in [0.1, 0.15) is 40.1 Å². The number of amides is 3. The minimum absolute atomic E-state index is 0.285. The van der Waals surface area contributed by atoms with Gasteiger partial charge in [0.1, 0.15) is 17.2 Å². The van der Waals surface area contributed by atoms with Gasteiger partial charge in [-0.3, -0.25) is 9.20 Å². The standard InChI is InChI=1S/C27H29FN6O2/c1-17-8-9-19(13-22(17)31-26(35)24-15-29-25-7-5-6-12-34(24)25)18(2)30-27(36)32-23-14-21(28)11-10-20(23)16-33(3)4/h5-15,18H,16H2,1-4H3,(H,31,35)(H2,30,32,36)/t18-/m0/s1. The Hall–Kier alpha value is -4.24. The summed E-state index contributed by atoms with van der Waals surface area (Å²) in [6, 6.07) is 14.7. The molecule has 186 valence electrons. The molecular weight excluding hydrogens is 459 g/mol. The number of hydrogen-bond donors (Lipinski definition) is 3. The number of aryl methyl sites for hydroxylation is 1. The zero-order valence-corrected chi connectivity index (χ0v) is 20.7. The summed E-state index contributed by atoms with van der Waals surface area (Å²) in [5.74, 6) is -0.711. The predicted molar refractivity (Wildman–Crippen MR) is 139 cm³/mol. The molecule has 9 heteroatoms. The lowest BCUT2D eigenvalue weighted by molar-refractivity contribution is 0.102. The summed E-state index contributed by atoms with van der Waals surface area (Å²) in [6.45, 7) is 4.29. The molecule has 3 amide bonds. The molecule has 0 spiro atoms. The summed E-state index contributed by atoms with van der Waals surface area (Å²) in [6.07, 6.45) is 3.32. The van der Waals surface area contributed by atoms with E-state index in [1.54, 1.807) is 16.7 Å². The quantitative estimate of drug-likeness (QED) is 0.342. The molecule has 3 N–H and O–H groups in total. The lowest BCUT2D eigenvalue weighted by Gasteiger charge is -2.19. The van der Waals surface area contributed by atoms with E-state index >= 15 is 0 Å². The van der Waals surface area contributed by atoms with E-state index in [-0.39, 0.29) is 11.9 Å². The van der Waals surface area contributed by atoms with Crippen LogP contribution < -0.4 is 16.0 Å². The number of pyridine rings is 1. The Morgan fingerprint density at radius 3 is 2.64 bits per heavy atom. The fourth-order valence-corrected chi connectivity index (χ4v) is 3.91. The van der Waals surface area contributed by atoms with Crippen LogP contribution in [0.2, 0.25) is 0 Å². The maximum Gasteiger partial charge on any atom is 0.319 e. The highest BCUT2D eigenvalue weighted by atomic mass is 19.1. The first-order chi connectivity index (χ1) is 17.2.